The first-order chi connectivity index (χ1) is 17.1. The topological polar surface area (TPSA) is 0 Å². The first kappa shape index (κ1) is 23.1. The molecule has 1 aliphatic rings. The predicted octanol–water partition coefficient (Wildman–Crippen LogP) is 10.7. The summed E-state index contributed by atoms with van der Waals surface area (Å²) in [6, 6.07) is 36.1. The molecule has 0 saturated carbocycles. The number of rotatable bonds is 0. The summed E-state index contributed by atoms with van der Waals surface area (Å²) < 4.78 is 0. The van der Waals surface area contributed by atoms with Crippen LogP contribution < -0.4 is 0 Å². The van der Waals surface area contributed by atoms with Gasteiger partial charge in [0.2, 0.25) is 0 Å². The fourth-order valence-electron chi connectivity index (χ4n) is 5.93. The largest absolute Gasteiger partial charge is 0.0683 e. The maximum atomic E-state index is 2.40. The maximum absolute atomic E-state index is 2.40. The van der Waals surface area contributed by atoms with E-state index < -0.39 is 0 Å². The molecule has 0 fully saturated rings. The minimum absolute atomic E-state index is 0.0352. The van der Waals surface area contributed by atoms with Crippen molar-refractivity contribution in [3.63, 3.8) is 0 Å². The second-order valence-electron chi connectivity index (χ2n) is 9.40. The van der Waals surface area contributed by atoms with E-state index in [0.29, 0.717) is 0 Å². The van der Waals surface area contributed by atoms with Crippen molar-refractivity contribution in [2.24, 2.45) is 0 Å². The van der Waals surface area contributed by atoms with Crippen LogP contribution in [0.1, 0.15) is 52.7 Å². The molecule has 0 aromatic heterocycles. The summed E-state index contributed by atoms with van der Waals surface area (Å²) in [7, 11) is 0. The highest BCUT2D eigenvalue weighted by atomic mass is 14.4. The quantitative estimate of drug-likeness (QED) is 0.158. The van der Waals surface area contributed by atoms with Gasteiger partial charge < -0.3 is 0 Å². The second-order valence-corrected chi connectivity index (χ2v) is 9.40. The molecule has 0 heteroatoms. The zero-order chi connectivity index (χ0) is 24.7. The van der Waals surface area contributed by atoms with Crippen LogP contribution in [-0.4, -0.2) is 0 Å². The van der Waals surface area contributed by atoms with E-state index >= 15 is 0 Å². The Morgan fingerprint density at radius 2 is 1.06 bits per heavy atom. The Morgan fingerprint density at radius 1 is 0.457 bits per heavy atom. The lowest BCUT2D eigenvalue weighted by Crippen LogP contribution is -2.15. The van der Waals surface area contributed by atoms with E-state index in [-0.39, 0.29) is 5.41 Å². The minimum atomic E-state index is -0.0352. The van der Waals surface area contributed by atoms with Gasteiger partial charge in [0.1, 0.15) is 0 Å². The highest BCUT2D eigenvalue weighted by molar-refractivity contribution is 6.15. The fraction of sp³-hybridized carbons (Fsp3) is 0.200. The highest BCUT2D eigenvalue weighted by Crippen LogP contribution is 2.54. The smallest absolute Gasteiger partial charge is 0.0165 e. The second kappa shape index (κ2) is 8.86. The first-order valence-corrected chi connectivity index (χ1v) is 13.0. The van der Waals surface area contributed by atoms with E-state index in [0.717, 1.165) is 0 Å². The molecule has 0 heterocycles. The predicted molar refractivity (Wildman–Crippen MR) is 157 cm³/mol. The molecule has 0 radical (unpaired) electrons. The van der Waals surface area contributed by atoms with Crippen molar-refractivity contribution in [1.29, 1.82) is 0 Å². The van der Waals surface area contributed by atoms with Gasteiger partial charge in [-0.2, -0.15) is 0 Å². The number of fused-ring (bicyclic) bond motifs is 10. The molecule has 0 saturated heterocycles. The molecule has 0 atom stereocenters. The molecule has 0 nitrogen and oxygen atoms in total. The Kier molecular flexibility index (Phi) is 5.85. The summed E-state index contributed by atoms with van der Waals surface area (Å²) in [5.74, 6) is 0. The maximum Gasteiger partial charge on any atom is 0.0165 e. The van der Waals surface area contributed by atoms with Crippen LogP contribution in [-0.2, 0) is 5.41 Å². The average molecular weight is 455 g/mol. The van der Waals surface area contributed by atoms with Gasteiger partial charge in [0.05, 0.1) is 0 Å². The Bertz CT molecular complexity index is 1700. The molecule has 1 aliphatic carbocycles. The van der Waals surface area contributed by atoms with E-state index in [2.05, 4.69) is 111 Å². The summed E-state index contributed by atoms with van der Waals surface area (Å²) in [5.41, 5.74) is 5.67. The Morgan fingerprint density at radius 3 is 1.80 bits per heavy atom. The van der Waals surface area contributed by atoms with E-state index in [1.165, 1.54) is 65.3 Å². The van der Waals surface area contributed by atoms with Crippen LogP contribution in [0.5, 0.6) is 0 Å². The van der Waals surface area contributed by atoms with Gasteiger partial charge in [-0.25, -0.2) is 0 Å². The molecule has 6 aromatic rings. The van der Waals surface area contributed by atoms with Gasteiger partial charge in [-0.15, -0.1) is 0 Å². The normalized spacial score (nSPS) is 13.1. The van der Waals surface area contributed by atoms with Crippen molar-refractivity contribution < 1.29 is 0 Å². The Balaban J connectivity index is 0.000000605. The molecule has 35 heavy (non-hydrogen) atoms. The lowest BCUT2D eigenvalue weighted by atomic mass is 9.79. The van der Waals surface area contributed by atoms with Crippen molar-refractivity contribution in [1.82, 2.24) is 0 Å². The number of hydrogen-bond donors (Lipinski definition) is 0. The third-order valence-electron chi connectivity index (χ3n) is 7.38. The van der Waals surface area contributed by atoms with Gasteiger partial charge in [-0.05, 0) is 77.5 Å². The first-order valence-electron chi connectivity index (χ1n) is 13.0. The lowest BCUT2D eigenvalue weighted by Gasteiger charge is -2.23. The average Bonchev–Trinajstić information content (AvgIpc) is 3.16. The van der Waals surface area contributed by atoms with Crippen LogP contribution >= 0.6 is 0 Å². The van der Waals surface area contributed by atoms with E-state index in [4.69, 9.17) is 0 Å². The number of hydrogen-bond acceptors (Lipinski definition) is 0. The fourth-order valence-corrected chi connectivity index (χ4v) is 5.93. The highest BCUT2D eigenvalue weighted by Gasteiger charge is 2.37. The zero-order valence-corrected chi connectivity index (χ0v) is 21.7. The number of benzene rings is 6. The van der Waals surface area contributed by atoms with Crippen molar-refractivity contribution >= 4 is 43.1 Å². The van der Waals surface area contributed by atoms with E-state index in [9.17, 15) is 0 Å². The van der Waals surface area contributed by atoms with Crippen LogP contribution in [0, 0.1) is 0 Å². The van der Waals surface area contributed by atoms with Crippen molar-refractivity contribution in [3.05, 3.63) is 108 Å². The summed E-state index contributed by atoms with van der Waals surface area (Å²) >= 11 is 0. The van der Waals surface area contributed by atoms with Gasteiger partial charge in [-0.1, -0.05) is 126 Å². The molecule has 0 aliphatic heterocycles. The molecule has 0 bridgehead atoms. The monoisotopic (exact) mass is 454 g/mol. The van der Waals surface area contributed by atoms with Crippen molar-refractivity contribution in [2.45, 2.75) is 47.0 Å². The third kappa shape index (κ3) is 3.35. The van der Waals surface area contributed by atoms with Gasteiger partial charge in [0.25, 0.3) is 0 Å². The minimum Gasteiger partial charge on any atom is -0.0683 e. The van der Waals surface area contributed by atoms with Gasteiger partial charge in [0, 0.05) is 5.41 Å². The van der Waals surface area contributed by atoms with Crippen molar-refractivity contribution in [2.75, 3.05) is 0 Å². The van der Waals surface area contributed by atoms with Gasteiger partial charge >= 0.3 is 0 Å². The zero-order valence-electron chi connectivity index (χ0n) is 21.7. The molecule has 0 spiro atoms. The molecule has 7 rings (SSSR count). The van der Waals surface area contributed by atoms with Crippen LogP contribution in [0.25, 0.3) is 54.2 Å². The molecule has 174 valence electrons. The van der Waals surface area contributed by atoms with E-state index in [1.807, 2.05) is 27.7 Å². The van der Waals surface area contributed by atoms with Gasteiger partial charge in [-0.3, -0.25) is 0 Å². The van der Waals surface area contributed by atoms with Gasteiger partial charge in [0.15, 0.2) is 0 Å². The van der Waals surface area contributed by atoms with Crippen LogP contribution in [0.4, 0.5) is 0 Å². The Labute approximate surface area is 209 Å². The van der Waals surface area contributed by atoms with Crippen LogP contribution in [0.15, 0.2) is 97.1 Å². The summed E-state index contributed by atoms with van der Waals surface area (Å²) in [5, 5.41) is 10.7. The van der Waals surface area contributed by atoms with Crippen molar-refractivity contribution in [3.8, 4) is 11.1 Å². The van der Waals surface area contributed by atoms with E-state index in [1.54, 1.807) is 0 Å². The standard InChI is InChI=1S/C31H22.2C2H6/c1-31(2)28-16-15-24-23-10-6-5-7-19(23)11-13-25(24)29(28)26-14-12-22-17-20-8-3-4-9-21(20)18-27(22)30(26)31;2*1-2/h3-18H,1-2H3;2*1-2H3. The lowest BCUT2D eigenvalue weighted by molar-refractivity contribution is 0.667. The molecule has 0 N–H and O–H groups in total. The third-order valence-corrected chi connectivity index (χ3v) is 7.38. The molecular formula is C35H34. The molecular weight excluding hydrogens is 420 g/mol. The van der Waals surface area contributed by atoms with Crippen LogP contribution in [0.2, 0.25) is 0 Å². The Hall–Kier alpha value is -3.64. The molecule has 0 amide bonds. The summed E-state index contributed by atoms with van der Waals surface area (Å²) in [4.78, 5) is 0. The summed E-state index contributed by atoms with van der Waals surface area (Å²) in [6.45, 7) is 12.8. The van der Waals surface area contributed by atoms with Crippen LogP contribution in [0.3, 0.4) is 0 Å². The summed E-state index contributed by atoms with van der Waals surface area (Å²) in [6.07, 6.45) is 0. The SMILES string of the molecule is CC.CC.CC1(C)c2ccc3c(ccc4ccccc43)c2-c2ccc3cc4ccccc4cc3c21. The molecule has 0 unspecified atom stereocenters. The molecule has 6 aromatic carbocycles.